The van der Waals surface area contributed by atoms with Crippen LogP contribution in [0.1, 0.15) is 34.3 Å². The predicted octanol–water partition coefficient (Wildman–Crippen LogP) is 5.08. The van der Waals surface area contributed by atoms with E-state index in [1.165, 1.54) is 22.5 Å². The Morgan fingerprint density at radius 2 is 1.88 bits per heavy atom. The summed E-state index contributed by atoms with van der Waals surface area (Å²) in [6.07, 6.45) is 0.987. The molecule has 0 bridgehead atoms. The summed E-state index contributed by atoms with van der Waals surface area (Å²) in [6, 6.07) is 12.2. The van der Waals surface area contributed by atoms with Gasteiger partial charge in [-0.25, -0.2) is 4.98 Å². The standard InChI is InChI=1S/C20H19N3OS2/c1-4-9-23-15-10-12(2)13(3)11-17(15)26-20(23)22-18(24)19-21-14-7-5-6-8-16(14)25-19/h5-8,10-11H,4,9H2,1-3H3. The van der Waals surface area contributed by atoms with Crippen molar-refractivity contribution in [2.45, 2.75) is 33.7 Å². The van der Waals surface area contributed by atoms with E-state index in [-0.39, 0.29) is 5.91 Å². The summed E-state index contributed by atoms with van der Waals surface area (Å²) in [5, 5.41) is 0.444. The van der Waals surface area contributed by atoms with Crippen molar-refractivity contribution in [3.05, 3.63) is 57.3 Å². The SMILES string of the molecule is CCCn1c(=NC(=O)c2nc3ccccc3s2)sc2cc(C)c(C)cc21. The topological polar surface area (TPSA) is 47.2 Å². The molecule has 4 rings (SSSR count). The largest absolute Gasteiger partial charge is 0.316 e. The molecule has 0 radical (unpaired) electrons. The van der Waals surface area contributed by atoms with E-state index in [1.807, 2.05) is 24.3 Å². The second-order valence-electron chi connectivity index (χ2n) is 6.34. The number of aromatic nitrogens is 2. The van der Waals surface area contributed by atoms with E-state index < -0.39 is 0 Å². The van der Waals surface area contributed by atoms with Crippen LogP contribution in [0.3, 0.4) is 0 Å². The van der Waals surface area contributed by atoms with E-state index in [0.717, 1.165) is 38.2 Å². The first-order valence-corrected chi connectivity index (χ1v) is 10.3. The van der Waals surface area contributed by atoms with Crippen molar-refractivity contribution in [1.82, 2.24) is 9.55 Å². The van der Waals surface area contributed by atoms with Crippen LogP contribution in [0, 0.1) is 13.8 Å². The van der Waals surface area contributed by atoms with Crippen LogP contribution in [0.25, 0.3) is 20.4 Å². The number of fused-ring (bicyclic) bond motifs is 2. The minimum absolute atomic E-state index is 0.268. The summed E-state index contributed by atoms with van der Waals surface area (Å²) in [5.41, 5.74) is 4.51. The van der Waals surface area contributed by atoms with Crippen molar-refractivity contribution in [2.24, 2.45) is 4.99 Å². The van der Waals surface area contributed by atoms with Crippen molar-refractivity contribution >= 4 is 49.0 Å². The molecule has 4 aromatic rings. The maximum atomic E-state index is 12.7. The van der Waals surface area contributed by atoms with Gasteiger partial charge in [-0.15, -0.1) is 11.3 Å². The van der Waals surface area contributed by atoms with Gasteiger partial charge in [-0.3, -0.25) is 4.79 Å². The third-order valence-corrected chi connectivity index (χ3v) is 6.49. The van der Waals surface area contributed by atoms with Gasteiger partial charge in [0.1, 0.15) is 0 Å². The van der Waals surface area contributed by atoms with Gasteiger partial charge in [0.25, 0.3) is 0 Å². The Morgan fingerprint density at radius 3 is 2.65 bits per heavy atom. The Kier molecular flexibility index (Phi) is 4.46. The second-order valence-corrected chi connectivity index (χ2v) is 8.38. The van der Waals surface area contributed by atoms with E-state index in [9.17, 15) is 4.79 Å². The third kappa shape index (κ3) is 2.99. The second kappa shape index (κ2) is 6.78. The zero-order valence-electron chi connectivity index (χ0n) is 14.9. The zero-order valence-corrected chi connectivity index (χ0v) is 16.6. The van der Waals surface area contributed by atoms with Gasteiger partial charge in [-0.1, -0.05) is 30.4 Å². The number of nitrogens with zero attached hydrogens (tertiary/aromatic N) is 3. The molecule has 0 unspecified atom stereocenters. The molecule has 0 aliphatic heterocycles. The number of rotatable bonds is 3. The fourth-order valence-corrected chi connectivity index (χ4v) is 4.93. The number of aryl methyl sites for hydroxylation is 3. The van der Waals surface area contributed by atoms with E-state index >= 15 is 0 Å². The van der Waals surface area contributed by atoms with Crippen molar-refractivity contribution in [3.8, 4) is 0 Å². The summed E-state index contributed by atoms with van der Waals surface area (Å²) in [7, 11) is 0. The molecule has 2 aromatic carbocycles. The number of amides is 1. The lowest BCUT2D eigenvalue weighted by molar-refractivity contribution is 0.0997. The van der Waals surface area contributed by atoms with Crippen LogP contribution in [-0.2, 0) is 6.54 Å². The van der Waals surface area contributed by atoms with E-state index in [0.29, 0.717) is 5.01 Å². The van der Waals surface area contributed by atoms with E-state index in [2.05, 4.69) is 47.4 Å². The first-order chi connectivity index (χ1) is 12.6. The maximum absolute atomic E-state index is 12.7. The molecule has 0 fully saturated rings. The van der Waals surface area contributed by atoms with Gasteiger partial charge in [-0.05, 0) is 55.7 Å². The van der Waals surface area contributed by atoms with Crippen LogP contribution >= 0.6 is 22.7 Å². The minimum atomic E-state index is -0.268. The van der Waals surface area contributed by atoms with Crippen molar-refractivity contribution < 1.29 is 4.79 Å². The number of benzene rings is 2. The van der Waals surface area contributed by atoms with Gasteiger partial charge in [-0.2, -0.15) is 4.99 Å². The number of thiazole rings is 2. The molecule has 0 spiro atoms. The number of hydrogen-bond acceptors (Lipinski definition) is 4. The number of carbonyl (C=O) groups is 1. The average Bonchev–Trinajstić information content (AvgIpc) is 3.18. The molecule has 2 heterocycles. The molecule has 2 aromatic heterocycles. The summed E-state index contributed by atoms with van der Waals surface area (Å²) in [5.74, 6) is -0.268. The molecule has 4 nitrogen and oxygen atoms in total. The minimum Gasteiger partial charge on any atom is -0.316 e. The quantitative estimate of drug-likeness (QED) is 0.497. The smallest absolute Gasteiger partial charge is 0.308 e. The highest BCUT2D eigenvalue weighted by atomic mass is 32.1. The fraction of sp³-hybridized carbons (Fsp3) is 0.250. The Balaban J connectivity index is 1.86. The Hall–Kier alpha value is -2.31. The van der Waals surface area contributed by atoms with Crippen molar-refractivity contribution in [2.75, 3.05) is 0 Å². The molecular weight excluding hydrogens is 362 g/mol. The summed E-state index contributed by atoms with van der Waals surface area (Å²) in [4.78, 5) is 22.3. The van der Waals surface area contributed by atoms with E-state index in [4.69, 9.17) is 0 Å². The summed E-state index contributed by atoms with van der Waals surface area (Å²) >= 11 is 2.97. The van der Waals surface area contributed by atoms with Gasteiger partial charge in [0.15, 0.2) is 9.81 Å². The van der Waals surface area contributed by atoms with Crippen LogP contribution in [-0.4, -0.2) is 15.5 Å². The van der Waals surface area contributed by atoms with Crippen LogP contribution in [0.5, 0.6) is 0 Å². The number of para-hydroxylation sites is 1. The Labute approximate surface area is 159 Å². The first kappa shape index (κ1) is 17.1. The van der Waals surface area contributed by atoms with Crippen LogP contribution in [0.2, 0.25) is 0 Å². The zero-order chi connectivity index (χ0) is 18.3. The van der Waals surface area contributed by atoms with Crippen LogP contribution in [0.4, 0.5) is 0 Å². The first-order valence-electron chi connectivity index (χ1n) is 8.62. The highest BCUT2D eigenvalue weighted by Gasteiger charge is 2.13. The van der Waals surface area contributed by atoms with Gasteiger partial charge >= 0.3 is 5.91 Å². The molecule has 0 N–H and O–H groups in total. The Morgan fingerprint density at radius 1 is 1.12 bits per heavy atom. The monoisotopic (exact) mass is 381 g/mol. The van der Waals surface area contributed by atoms with Gasteiger partial charge in [0, 0.05) is 6.54 Å². The molecule has 132 valence electrons. The van der Waals surface area contributed by atoms with Crippen molar-refractivity contribution in [3.63, 3.8) is 0 Å². The fourth-order valence-electron chi connectivity index (χ4n) is 2.94. The molecule has 0 aliphatic carbocycles. The molecule has 0 saturated carbocycles. The average molecular weight is 382 g/mol. The predicted molar refractivity (Wildman–Crippen MR) is 109 cm³/mol. The lowest BCUT2D eigenvalue weighted by Gasteiger charge is -2.04. The van der Waals surface area contributed by atoms with E-state index in [1.54, 1.807) is 11.3 Å². The maximum Gasteiger partial charge on any atom is 0.308 e. The summed E-state index contributed by atoms with van der Waals surface area (Å²) < 4.78 is 4.32. The molecular formula is C20H19N3OS2. The third-order valence-electron chi connectivity index (χ3n) is 4.42. The van der Waals surface area contributed by atoms with Gasteiger partial charge in [0.2, 0.25) is 0 Å². The number of hydrogen-bond donors (Lipinski definition) is 0. The Bertz CT molecular complexity index is 1160. The normalized spacial score (nSPS) is 12.3. The van der Waals surface area contributed by atoms with Crippen molar-refractivity contribution in [1.29, 1.82) is 0 Å². The summed E-state index contributed by atoms with van der Waals surface area (Å²) in [6.45, 7) is 7.21. The molecule has 1 amide bonds. The molecule has 0 aliphatic rings. The van der Waals surface area contributed by atoms with Crippen LogP contribution < -0.4 is 4.80 Å². The molecule has 26 heavy (non-hydrogen) atoms. The lowest BCUT2D eigenvalue weighted by Crippen LogP contribution is -2.16. The van der Waals surface area contributed by atoms with Gasteiger partial charge in [0.05, 0.1) is 20.4 Å². The molecule has 0 atom stereocenters. The highest BCUT2D eigenvalue weighted by molar-refractivity contribution is 7.20. The molecule has 0 saturated heterocycles. The lowest BCUT2D eigenvalue weighted by atomic mass is 10.1. The number of carbonyl (C=O) groups excluding carboxylic acids is 1. The van der Waals surface area contributed by atoms with Crippen LogP contribution in [0.15, 0.2) is 41.4 Å². The highest BCUT2D eigenvalue weighted by Crippen LogP contribution is 2.24. The van der Waals surface area contributed by atoms with Gasteiger partial charge < -0.3 is 4.57 Å². The molecule has 6 heteroatoms.